The van der Waals surface area contributed by atoms with Crippen LogP contribution in [0, 0.1) is 11.7 Å². The van der Waals surface area contributed by atoms with Crippen molar-refractivity contribution < 1.29 is 37.1 Å². The number of ketones is 1. The summed E-state index contributed by atoms with van der Waals surface area (Å²) < 4.78 is 46.0. The zero-order valence-electron chi connectivity index (χ0n) is 23.6. The van der Waals surface area contributed by atoms with Crippen molar-refractivity contribution in [2.75, 3.05) is 43.9 Å². The summed E-state index contributed by atoms with van der Waals surface area (Å²) in [5, 5.41) is 10.9. The number of halogens is 5. The first kappa shape index (κ1) is 32.8. The predicted octanol–water partition coefficient (Wildman–Crippen LogP) is 4.86. The summed E-state index contributed by atoms with van der Waals surface area (Å²) in [7, 11) is 3.49. The number of rotatable bonds is 5. The maximum atomic E-state index is 14.2. The first-order valence-corrected chi connectivity index (χ1v) is 13.6. The van der Waals surface area contributed by atoms with E-state index in [1.54, 1.807) is 23.9 Å². The fourth-order valence-corrected chi connectivity index (χ4v) is 4.79. The van der Waals surface area contributed by atoms with E-state index in [0.29, 0.717) is 56.3 Å². The number of anilines is 2. The number of carbonyl (C=O) groups is 3. The minimum Gasteiger partial charge on any atom is -0.475 e. The van der Waals surface area contributed by atoms with Gasteiger partial charge in [0.15, 0.2) is 17.4 Å². The summed E-state index contributed by atoms with van der Waals surface area (Å²) in [4.78, 5) is 49.6. The number of fused-ring (bicyclic) bond motifs is 1. The van der Waals surface area contributed by atoms with Gasteiger partial charge in [0.1, 0.15) is 5.82 Å². The molecule has 15 heteroatoms. The number of carboxylic acids is 1. The SMILES string of the molecule is CC(C)Nc1nc2c(nc1N1CCC(C(=O)c3cc(Cl)ccc3F)CC1)CCN(C(=O)N(C)C)C2.O=C(O)C(F)(F)F. The molecule has 0 atom stereocenters. The molecule has 0 saturated carbocycles. The summed E-state index contributed by atoms with van der Waals surface area (Å²) in [5.74, 6) is -2.31. The lowest BCUT2D eigenvalue weighted by Crippen LogP contribution is -2.43. The molecule has 0 spiro atoms. The molecular weight excluding hydrogens is 584 g/mol. The van der Waals surface area contributed by atoms with Crippen molar-refractivity contribution in [3.63, 3.8) is 0 Å². The molecule has 1 fully saturated rings. The highest BCUT2D eigenvalue weighted by atomic mass is 35.5. The summed E-state index contributed by atoms with van der Waals surface area (Å²) in [6.07, 6.45) is -3.26. The molecule has 1 aromatic carbocycles. The van der Waals surface area contributed by atoms with Crippen molar-refractivity contribution in [3.05, 3.63) is 46.0 Å². The van der Waals surface area contributed by atoms with Gasteiger partial charge in [0.2, 0.25) is 0 Å². The maximum Gasteiger partial charge on any atom is 0.490 e. The van der Waals surface area contributed by atoms with E-state index in [2.05, 4.69) is 10.2 Å². The molecule has 1 saturated heterocycles. The first-order valence-electron chi connectivity index (χ1n) is 13.2. The van der Waals surface area contributed by atoms with Crippen LogP contribution >= 0.6 is 11.6 Å². The van der Waals surface area contributed by atoms with Gasteiger partial charge in [-0.2, -0.15) is 13.2 Å². The number of Topliss-reactive ketones (excluding diaryl/α,β-unsaturated/α-hetero) is 1. The topological polar surface area (TPSA) is 119 Å². The second kappa shape index (κ2) is 13.5. The number of aliphatic carboxylic acids is 1. The van der Waals surface area contributed by atoms with Crippen LogP contribution in [0.1, 0.15) is 48.4 Å². The Hall–Kier alpha value is -3.68. The number of nitrogens with zero attached hydrogens (tertiary/aromatic N) is 5. The third kappa shape index (κ3) is 8.20. The summed E-state index contributed by atoms with van der Waals surface area (Å²) in [5.41, 5.74) is 1.76. The molecule has 4 rings (SSSR count). The van der Waals surface area contributed by atoms with Gasteiger partial charge in [0.25, 0.3) is 0 Å². The van der Waals surface area contributed by atoms with Gasteiger partial charge in [-0.05, 0) is 44.9 Å². The van der Waals surface area contributed by atoms with Crippen LogP contribution in [0.4, 0.5) is 34.0 Å². The lowest BCUT2D eigenvalue weighted by atomic mass is 9.88. The Morgan fingerprint density at radius 3 is 2.26 bits per heavy atom. The smallest absolute Gasteiger partial charge is 0.475 e. The minimum absolute atomic E-state index is 0.0391. The Bertz CT molecular complexity index is 1320. The van der Waals surface area contributed by atoms with Crippen molar-refractivity contribution in [2.24, 2.45) is 5.92 Å². The Labute approximate surface area is 245 Å². The van der Waals surface area contributed by atoms with Crippen LogP contribution < -0.4 is 10.2 Å². The molecule has 1 aromatic heterocycles. The van der Waals surface area contributed by atoms with Gasteiger partial charge in [-0.15, -0.1) is 0 Å². The van der Waals surface area contributed by atoms with Gasteiger partial charge < -0.3 is 25.1 Å². The molecule has 0 bridgehead atoms. The molecule has 10 nitrogen and oxygen atoms in total. The maximum absolute atomic E-state index is 14.2. The number of hydrogen-bond donors (Lipinski definition) is 2. The van der Waals surface area contributed by atoms with E-state index in [4.69, 9.17) is 31.5 Å². The second-order valence-corrected chi connectivity index (χ2v) is 10.9. The molecule has 2 amide bonds. The molecule has 0 radical (unpaired) electrons. The number of hydrogen-bond acceptors (Lipinski definition) is 7. The number of carbonyl (C=O) groups excluding carboxylic acids is 2. The van der Waals surface area contributed by atoms with Crippen LogP contribution in [0.3, 0.4) is 0 Å². The number of nitrogens with one attached hydrogen (secondary N) is 1. The molecule has 42 heavy (non-hydrogen) atoms. The zero-order chi connectivity index (χ0) is 31.4. The first-order chi connectivity index (χ1) is 19.6. The van der Waals surface area contributed by atoms with E-state index in [-0.39, 0.29) is 29.3 Å². The Balaban J connectivity index is 0.000000616. The lowest BCUT2D eigenvalue weighted by molar-refractivity contribution is -0.192. The van der Waals surface area contributed by atoms with E-state index >= 15 is 0 Å². The average Bonchev–Trinajstić information content (AvgIpc) is 2.92. The highest BCUT2D eigenvalue weighted by molar-refractivity contribution is 6.31. The van der Waals surface area contributed by atoms with Crippen molar-refractivity contribution in [1.29, 1.82) is 0 Å². The highest BCUT2D eigenvalue weighted by Crippen LogP contribution is 2.32. The number of benzene rings is 1. The molecule has 2 aromatic rings. The van der Waals surface area contributed by atoms with Crippen molar-refractivity contribution >= 4 is 41.0 Å². The third-order valence-corrected chi connectivity index (χ3v) is 6.91. The monoisotopic (exact) mass is 616 g/mol. The van der Waals surface area contributed by atoms with Crippen LogP contribution in [0.15, 0.2) is 18.2 Å². The number of amides is 2. The van der Waals surface area contributed by atoms with Gasteiger partial charge in [-0.25, -0.2) is 23.9 Å². The second-order valence-electron chi connectivity index (χ2n) is 10.5. The normalized spacial score (nSPS) is 15.5. The van der Waals surface area contributed by atoms with E-state index < -0.39 is 18.0 Å². The summed E-state index contributed by atoms with van der Waals surface area (Å²) >= 11 is 5.99. The van der Waals surface area contributed by atoms with Crippen LogP contribution in [0.5, 0.6) is 0 Å². The van der Waals surface area contributed by atoms with E-state index in [9.17, 15) is 27.2 Å². The van der Waals surface area contributed by atoms with E-state index in [1.165, 1.54) is 18.2 Å². The molecule has 2 aliphatic heterocycles. The minimum atomic E-state index is -5.08. The fraction of sp³-hybridized carbons (Fsp3) is 0.519. The van der Waals surface area contributed by atoms with Crippen molar-refractivity contribution in [1.82, 2.24) is 19.8 Å². The summed E-state index contributed by atoms with van der Waals surface area (Å²) in [6.45, 7) is 6.33. The molecule has 230 valence electrons. The number of piperidine rings is 1. The highest BCUT2D eigenvalue weighted by Gasteiger charge is 2.38. The Morgan fingerprint density at radius 1 is 1.10 bits per heavy atom. The number of carboxylic acid groups (broad SMARTS) is 1. The van der Waals surface area contributed by atoms with Crippen LogP contribution in [-0.2, 0) is 17.8 Å². The number of urea groups is 1. The number of alkyl halides is 3. The molecule has 0 aliphatic carbocycles. The molecule has 0 unspecified atom stereocenters. The largest absolute Gasteiger partial charge is 0.490 e. The van der Waals surface area contributed by atoms with Crippen LogP contribution in [0.2, 0.25) is 5.02 Å². The van der Waals surface area contributed by atoms with Crippen molar-refractivity contribution in [3.8, 4) is 0 Å². The van der Waals surface area contributed by atoms with Crippen molar-refractivity contribution in [2.45, 2.75) is 51.9 Å². The lowest BCUT2D eigenvalue weighted by Gasteiger charge is -2.35. The standard InChI is InChI=1S/C25H32ClFN6O2.C2HF3O2/c1-15(2)28-23-24(30-20-9-12-33(14-21(20)29-23)25(35)31(3)4)32-10-7-16(8-11-32)22(34)18-13-17(26)5-6-19(18)27;3-2(4,5)1(6)7/h5-6,13,15-16H,7-12,14H2,1-4H3,(H,28,29);(H,6,7). The van der Waals surface area contributed by atoms with E-state index in [0.717, 1.165) is 17.2 Å². The van der Waals surface area contributed by atoms with Crippen LogP contribution in [0.25, 0.3) is 0 Å². The van der Waals surface area contributed by atoms with Crippen LogP contribution in [-0.4, -0.2) is 88.6 Å². The quantitative estimate of drug-likeness (QED) is 0.361. The van der Waals surface area contributed by atoms with Gasteiger partial charge >= 0.3 is 18.2 Å². The van der Waals surface area contributed by atoms with E-state index in [1.807, 2.05) is 13.8 Å². The third-order valence-electron chi connectivity index (χ3n) is 6.67. The van der Waals surface area contributed by atoms with Gasteiger partial charge in [0, 0.05) is 57.1 Å². The zero-order valence-corrected chi connectivity index (χ0v) is 24.4. The van der Waals surface area contributed by atoms with Gasteiger partial charge in [-0.3, -0.25) is 4.79 Å². The molecular formula is C27H33ClF4N6O4. The summed E-state index contributed by atoms with van der Waals surface area (Å²) in [6, 6.07) is 4.21. The van der Waals surface area contributed by atoms with Gasteiger partial charge in [-0.1, -0.05) is 11.6 Å². The van der Waals surface area contributed by atoms with Gasteiger partial charge in [0.05, 0.1) is 23.5 Å². The predicted molar refractivity (Wildman–Crippen MR) is 148 cm³/mol. The fourth-order valence-electron chi connectivity index (χ4n) is 4.62. The average molecular weight is 617 g/mol. The number of aromatic nitrogens is 2. The molecule has 2 N–H and O–H groups in total. The Morgan fingerprint density at radius 2 is 1.71 bits per heavy atom. The Kier molecular flexibility index (Phi) is 10.6. The molecule has 2 aliphatic rings. The molecule has 3 heterocycles.